The Bertz CT molecular complexity index is 768. The van der Waals surface area contributed by atoms with Crippen LogP contribution in [-0.4, -0.2) is 98.2 Å². The van der Waals surface area contributed by atoms with Crippen molar-refractivity contribution in [1.29, 1.82) is 0 Å². The Morgan fingerprint density at radius 1 is 1.28 bits per heavy atom. The van der Waals surface area contributed by atoms with E-state index in [0.29, 0.717) is 30.9 Å². The quantitative estimate of drug-likeness (QED) is 0.598. The standard InChI is InChI=1S/C24H40N4O4/c1-17-14-28(18(2)16-29)24(31)13-19-12-20(25-23(30)8-7-11-26(3)4)9-10-21(19)32-22(17)15-27(5)6/h9-10,12,17-18,22,29H,7-8,11,13-16H2,1-6H3,(H,25,30)/t17-,18-,22+/m1/s1. The molecule has 0 aromatic heterocycles. The van der Waals surface area contributed by atoms with Crippen LogP contribution in [0.25, 0.3) is 0 Å². The maximum absolute atomic E-state index is 13.2. The highest BCUT2D eigenvalue weighted by atomic mass is 16.5. The number of ether oxygens (including phenoxy) is 1. The lowest BCUT2D eigenvalue weighted by atomic mass is 10.0. The summed E-state index contributed by atoms with van der Waals surface area (Å²) in [6, 6.07) is 5.24. The fourth-order valence-electron chi connectivity index (χ4n) is 3.86. The van der Waals surface area contributed by atoms with E-state index in [1.54, 1.807) is 4.90 Å². The number of hydrogen-bond acceptors (Lipinski definition) is 6. The number of aliphatic hydroxyl groups is 1. The van der Waals surface area contributed by atoms with Crippen molar-refractivity contribution in [3.05, 3.63) is 23.8 Å². The van der Waals surface area contributed by atoms with Crippen molar-refractivity contribution < 1.29 is 19.4 Å². The number of hydrogen-bond donors (Lipinski definition) is 2. The zero-order valence-corrected chi connectivity index (χ0v) is 20.4. The number of likely N-dealkylation sites (N-methyl/N-ethyl adjacent to an activating group) is 1. The first kappa shape index (κ1) is 26.1. The SMILES string of the molecule is C[C@@H]1CN([C@H](C)CO)C(=O)Cc2cc(NC(=O)CCCN(C)C)ccc2O[C@H]1CN(C)C. The fourth-order valence-corrected chi connectivity index (χ4v) is 3.86. The third-order valence-electron chi connectivity index (χ3n) is 5.75. The Labute approximate surface area is 192 Å². The summed E-state index contributed by atoms with van der Waals surface area (Å²) in [6.07, 6.45) is 1.26. The van der Waals surface area contributed by atoms with Gasteiger partial charge in [0.25, 0.3) is 0 Å². The van der Waals surface area contributed by atoms with Crippen molar-refractivity contribution in [2.75, 3.05) is 59.7 Å². The first-order valence-corrected chi connectivity index (χ1v) is 11.4. The lowest BCUT2D eigenvalue weighted by Crippen LogP contribution is -2.47. The van der Waals surface area contributed by atoms with Crippen molar-refractivity contribution in [3.8, 4) is 5.75 Å². The molecule has 2 N–H and O–H groups in total. The molecule has 0 saturated carbocycles. The lowest BCUT2D eigenvalue weighted by molar-refractivity contribution is -0.134. The summed E-state index contributed by atoms with van der Waals surface area (Å²) in [6.45, 7) is 5.92. The summed E-state index contributed by atoms with van der Waals surface area (Å²) in [5, 5.41) is 12.6. The van der Waals surface area contributed by atoms with Crippen molar-refractivity contribution in [2.45, 2.75) is 45.3 Å². The van der Waals surface area contributed by atoms with Crippen LogP contribution in [0, 0.1) is 5.92 Å². The number of nitrogens with one attached hydrogen (secondary N) is 1. The van der Waals surface area contributed by atoms with E-state index >= 15 is 0 Å². The van der Waals surface area contributed by atoms with E-state index in [-0.39, 0.29) is 42.9 Å². The Hall–Kier alpha value is -2.16. The molecule has 8 heteroatoms. The fraction of sp³-hybridized carbons (Fsp3) is 0.667. The van der Waals surface area contributed by atoms with Crippen LogP contribution in [0.15, 0.2) is 18.2 Å². The molecule has 180 valence electrons. The molecular weight excluding hydrogens is 408 g/mol. The molecule has 0 unspecified atom stereocenters. The largest absolute Gasteiger partial charge is 0.488 e. The minimum absolute atomic E-state index is 0.0447. The van der Waals surface area contributed by atoms with E-state index in [9.17, 15) is 14.7 Å². The highest BCUT2D eigenvalue weighted by Gasteiger charge is 2.30. The topological polar surface area (TPSA) is 85.3 Å². The number of carbonyl (C=O) groups is 2. The molecule has 32 heavy (non-hydrogen) atoms. The Morgan fingerprint density at radius 2 is 2.00 bits per heavy atom. The molecule has 0 saturated heterocycles. The van der Waals surface area contributed by atoms with E-state index in [1.165, 1.54) is 0 Å². The van der Waals surface area contributed by atoms with Gasteiger partial charge in [0, 0.05) is 36.7 Å². The zero-order valence-electron chi connectivity index (χ0n) is 20.4. The molecule has 2 amide bonds. The summed E-state index contributed by atoms with van der Waals surface area (Å²) >= 11 is 0. The number of aliphatic hydroxyl groups excluding tert-OH is 1. The Morgan fingerprint density at radius 3 is 2.62 bits per heavy atom. The molecule has 0 fully saturated rings. The maximum Gasteiger partial charge on any atom is 0.227 e. The van der Waals surface area contributed by atoms with Gasteiger partial charge in [-0.3, -0.25) is 9.59 Å². The molecule has 3 atom stereocenters. The van der Waals surface area contributed by atoms with Crippen LogP contribution in [0.3, 0.4) is 0 Å². The summed E-state index contributed by atoms with van der Waals surface area (Å²) in [5.74, 6) is 0.651. The van der Waals surface area contributed by atoms with Gasteiger partial charge in [0.2, 0.25) is 11.8 Å². The predicted molar refractivity (Wildman–Crippen MR) is 127 cm³/mol. The van der Waals surface area contributed by atoms with Gasteiger partial charge >= 0.3 is 0 Å². The third-order valence-corrected chi connectivity index (χ3v) is 5.75. The Kier molecular flexibility index (Phi) is 9.93. The van der Waals surface area contributed by atoms with E-state index in [4.69, 9.17) is 4.74 Å². The minimum Gasteiger partial charge on any atom is -0.488 e. The van der Waals surface area contributed by atoms with Gasteiger partial charge in [0.1, 0.15) is 11.9 Å². The molecule has 1 aliphatic rings. The van der Waals surface area contributed by atoms with Crippen molar-refractivity contribution >= 4 is 17.5 Å². The average molecular weight is 449 g/mol. The van der Waals surface area contributed by atoms with Crippen LogP contribution in [0.2, 0.25) is 0 Å². The van der Waals surface area contributed by atoms with Gasteiger partial charge in [0.15, 0.2) is 0 Å². The molecule has 8 nitrogen and oxygen atoms in total. The number of anilines is 1. The molecule has 1 heterocycles. The van der Waals surface area contributed by atoms with Crippen molar-refractivity contribution in [1.82, 2.24) is 14.7 Å². The van der Waals surface area contributed by atoms with Crippen LogP contribution >= 0.6 is 0 Å². The van der Waals surface area contributed by atoms with Gasteiger partial charge in [-0.2, -0.15) is 0 Å². The molecular formula is C24H40N4O4. The molecule has 1 aromatic carbocycles. The smallest absolute Gasteiger partial charge is 0.227 e. The number of amides is 2. The van der Waals surface area contributed by atoms with Crippen molar-refractivity contribution in [3.63, 3.8) is 0 Å². The Balaban J connectivity index is 2.27. The van der Waals surface area contributed by atoms with E-state index in [2.05, 4.69) is 22.0 Å². The van der Waals surface area contributed by atoms with Crippen LogP contribution in [0.1, 0.15) is 32.3 Å². The predicted octanol–water partition coefficient (Wildman–Crippen LogP) is 1.68. The van der Waals surface area contributed by atoms with Crippen LogP contribution < -0.4 is 10.1 Å². The number of nitrogens with zero attached hydrogens (tertiary/aromatic N) is 3. The highest BCUT2D eigenvalue weighted by Crippen LogP contribution is 2.29. The minimum atomic E-state index is -0.272. The second-order valence-corrected chi connectivity index (χ2v) is 9.43. The number of carbonyl (C=O) groups excluding carboxylic acids is 2. The molecule has 0 bridgehead atoms. The number of rotatable bonds is 9. The average Bonchev–Trinajstić information content (AvgIpc) is 2.75. The van der Waals surface area contributed by atoms with Crippen LogP contribution in [0.4, 0.5) is 5.69 Å². The number of benzene rings is 1. The molecule has 0 radical (unpaired) electrons. The summed E-state index contributed by atoms with van der Waals surface area (Å²) in [7, 11) is 7.96. The zero-order chi connectivity index (χ0) is 23.8. The molecule has 2 rings (SSSR count). The molecule has 1 aliphatic heterocycles. The van der Waals surface area contributed by atoms with E-state index < -0.39 is 0 Å². The lowest BCUT2D eigenvalue weighted by Gasteiger charge is -2.33. The molecule has 1 aromatic rings. The van der Waals surface area contributed by atoms with Gasteiger partial charge in [-0.05, 0) is 66.3 Å². The van der Waals surface area contributed by atoms with E-state index in [0.717, 1.165) is 18.5 Å². The van der Waals surface area contributed by atoms with Crippen LogP contribution in [0.5, 0.6) is 5.75 Å². The van der Waals surface area contributed by atoms with Gasteiger partial charge < -0.3 is 29.9 Å². The number of fused-ring (bicyclic) bond motifs is 1. The summed E-state index contributed by atoms with van der Waals surface area (Å²) in [4.78, 5) is 31.4. The van der Waals surface area contributed by atoms with E-state index in [1.807, 2.05) is 53.3 Å². The summed E-state index contributed by atoms with van der Waals surface area (Å²) in [5.41, 5.74) is 1.40. The second kappa shape index (κ2) is 12.2. The van der Waals surface area contributed by atoms with Gasteiger partial charge in [0.05, 0.1) is 19.1 Å². The maximum atomic E-state index is 13.2. The van der Waals surface area contributed by atoms with Gasteiger partial charge in [-0.1, -0.05) is 6.92 Å². The first-order valence-electron chi connectivity index (χ1n) is 11.4. The second-order valence-electron chi connectivity index (χ2n) is 9.43. The normalized spacial score (nSPS) is 20.3. The van der Waals surface area contributed by atoms with Gasteiger partial charge in [-0.25, -0.2) is 0 Å². The summed E-state index contributed by atoms with van der Waals surface area (Å²) < 4.78 is 6.40. The van der Waals surface area contributed by atoms with Crippen LogP contribution in [-0.2, 0) is 16.0 Å². The molecule has 0 spiro atoms. The van der Waals surface area contributed by atoms with Crippen molar-refractivity contribution in [2.24, 2.45) is 5.92 Å². The first-order chi connectivity index (χ1) is 15.1. The third kappa shape index (κ3) is 7.76. The molecule has 0 aliphatic carbocycles. The highest BCUT2D eigenvalue weighted by molar-refractivity contribution is 5.91. The monoisotopic (exact) mass is 448 g/mol. The van der Waals surface area contributed by atoms with Gasteiger partial charge in [-0.15, -0.1) is 0 Å².